The third-order valence-electron chi connectivity index (χ3n) is 2.66. The van der Waals surface area contributed by atoms with Crippen molar-refractivity contribution < 1.29 is 8.42 Å². The molecular formula is C11H26N2O2S. The first kappa shape index (κ1) is 15.9. The first-order chi connectivity index (χ1) is 7.13. The molecule has 4 nitrogen and oxygen atoms in total. The Hall–Kier alpha value is -0.130. The number of nitrogens with zero attached hydrogens (tertiary/aromatic N) is 1. The van der Waals surface area contributed by atoms with Gasteiger partial charge in [0.05, 0.1) is 5.75 Å². The Labute approximate surface area is 100 Å². The third kappa shape index (κ3) is 7.19. The van der Waals surface area contributed by atoms with E-state index in [9.17, 15) is 8.42 Å². The van der Waals surface area contributed by atoms with Crippen LogP contribution in [0.5, 0.6) is 0 Å². The molecule has 0 saturated carbocycles. The first-order valence-corrected chi connectivity index (χ1v) is 7.77. The molecule has 0 spiro atoms. The van der Waals surface area contributed by atoms with Crippen molar-refractivity contribution >= 4 is 9.84 Å². The van der Waals surface area contributed by atoms with E-state index in [1.807, 2.05) is 21.0 Å². The smallest absolute Gasteiger partial charge is 0.148 e. The topological polar surface area (TPSA) is 49.4 Å². The highest BCUT2D eigenvalue weighted by Gasteiger charge is 2.17. The maximum Gasteiger partial charge on any atom is 0.148 e. The number of nitrogens with one attached hydrogen (secondary N) is 1. The summed E-state index contributed by atoms with van der Waals surface area (Å²) in [5, 5.41) is 3.28. The number of sulfone groups is 1. The van der Waals surface area contributed by atoms with Crippen molar-refractivity contribution in [2.45, 2.75) is 32.9 Å². The summed E-state index contributed by atoms with van der Waals surface area (Å²) in [6, 6.07) is 0.443. The Bertz CT molecular complexity index is 278. The zero-order chi connectivity index (χ0) is 12.9. The molecule has 0 heterocycles. The lowest BCUT2D eigenvalue weighted by Gasteiger charge is -2.29. The van der Waals surface area contributed by atoms with Gasteiger partial charge in [0.25, 0.3) is 0 Å². The molecule has 2 atom stereocenters. The van der Waals surface area contributed by atoms with Crippen LogP contribution in [0.2, 0.25) is 0 Å². The quantitative estimate of drug-likeness (QED) is 0.719. The molecule has 0 saturated heterocycles. The SMILES string of the molecule is CC(CS(C)(=O)=O)NCC(C(C)C)N(C)C. The number of hydrogen-bond acceptors (Lipinski definition) is 4. The Morgan fingerprint density at radius 2 is 1.69 bits per heavy atom. The standard InChI is InChI=1S/C11H26N2O2S/c1-9(2)11(13(4)5)7-12-10(3)8-16(6,14)15/h9-12H,7-8H2,1-6H3. The molecule has 16 heavy (non-hydrogen) atoms. The van der Waals surface area contributed by atoms with Crippen LogP contribution in [-0.2, 0) is 9.84 Å². The fourth-order valence-corrected chi connectivity index (χ4v) is 2.88. The molecule has 0 rings (SSSR count). The molecule has 0 aromatic rings. The van der Waals surface area contributed by atoms with Crippen molar-refractivity contribution in [3.63, 3.8) is 0 Å². The molecule has 0 aromatic heterocycles. The van der Waals surface area contributed by atoms with Gasteiger partial charge in [0.15, 0.2) is 0 Å². The van der Waals surface area contributed by atoms with E-state index in [2.05, 4.69) is 24.1 Å². The summed E-state index contributed by atoms with van der Waals surface area (Å²) in [7, 11) is 1.21. The van der Waals surface area contributed by atoms with Gasteiger partial charge in [0, 0.05) is 24.9 Å². The molecule has 0 aliphatic rings. The molecule has 0 amide bonds. The van der Waals surface area contributed by atoms with E-state index in [0.717, 1.165) is 6.54 Å². The van der Waals surface area contributed by atoms with Crippen molar-refractivity contribution in [3.8, 4) is 0 Å². The predicted octanol–water partition coefficient (Wildman–Crippen LogP) is 0.595. The van der Waals surface area contributed by atoms with Crippen molar-refractivity contribution in [2.75, 3.05) is 32.6 Å². The van der Waals surface area contributed by atoms with E-state index in [0.29, 0.717) is 12.0 Å². The molecule has 0 fully saturated rings. The van der Waals surface area contributed by atoms with Gasteiger partial charge in [-0.3, -0.25) is 0 Å². The number of hydrogen-bond donors (Lipinski definition) is 1. The Kier molecular flexibility index (Phi) is 6.51. The summed E-state index contributed by atoms with van der Waals surface area (Å²) >= 11 is 0. The average Bonchev–Trinajstić information content (AvgIpc) is 1.98. The molecule has 0 aromatic carbocycles. The lowest BCUT2D eigenvalue weighted by molar-refractivity contribution is 0.221. The van der Waals surface area contributed by atoms with Gasteiger partial charge in [-0.1, -0.05) is 13.8 Å². The zero-order valence-electron chi connectivity index (χ0n) is 11.3. The van der Waals surface area contributed by atoms with E-state index < -0.39 is 9.84 Å². The summed E-state index contributed by atoms with van der Waals surface area (Å²) in [5.41, 5.74) is 0. The van der Waals surface area contributed by atoms with Crippen LogP contribution in [0, 0.1) is 5.92 Å². The molecule has 0 aliphatic carbocycles. The minimum atomic E-state index is -2.89. The van der Waals surface area contributed by atoms with Crippen molar-refractivity contribution in [2.24, 2.45) is 5.92 Å². The second-order valence-electron chi connectivity index (χ2n) is 5.18. The zero-order valence-corrected chi connectivity index (χ0v) is 12.1. The van der Waals surface area contributed by atoms with Crippen molar-refractivity contribution in [3.05, 3.63) is 0 Å². The van der Waals surface area contributed by atoms with Gasteiger partial charge in [-0.05, 0) is 26.9 Å². The van der Waals surface area contributed by atoms with E-state index in [4.69, 9.17) is 0 Å². The number of likely N-dealkylation sites (N-methyl/N-ethyl adjacent to an activating group) is 1. The van der Waals surface area contributed by atoms with Crippen LogP contribution in [0.3, 0.4) is 0 Å². The van der Waals surface area contributed by atoms with E-state index in [1.54, 1.807) is 0 Å². The summed E-state index contributed by atoms with van der Waals surface area (Å²) in [6.45, 7) is 7.08. The van der Waals surface area contributed by atoms with Crippen LogP contribution in [0.25, 0.3) is 0 Å². The molecule has 0 radical (unpaired) electrons. The maximum atomic E-state index is 11.1. The lowest BCUT2D eigenvalue weighted by Crippen LogP contribution is -2.45. The second kappa shape index (κ2) is 6.57. The summed E-state index contributed by atoms with van der Waals surface area (Å²) < 4.78 is 22.2. The van der Waals surface area contributed by atoms with Crippen molar-refractivity contribution in [1.29, 1.82) is 0 Å². The van der Waals surface area contributed by atoms with Crippen LogP contribution in [-0.4, -0.2) is 58.1 Å². The van der Waals surface area contributed by atoms with Gasteiger partial charge >= 0.3 is 0 Å². The van der Waals surface area contributed by atoms with Crippen molar-refractivity contribution in [1.82, 2.24) is 10.2 Å². The van der Waals surface area contributed by atoms with E-state index >= 15 is 0 Å². The molecule has 5 heteroatoms. The molecule has 0 aliphatic heterocycles. The highest BCUT2D eigenvalue weighted by Crippen LogP contribution is 2.06. The minimum Gasteiger partial charge on any atom is -0.312 e. The molecular weight excluding hydrogens is 224 g/mol. The van der Waals surface area contributed by atoms with Gasteiger partial charge in [0.2, 0.25) is 0 Å². The largest absolute Gasteiger partial charge is 0.312 e. The maximum absolute atomic E-state index is 11.1. The number of rotatable bonds is 7. The van der Waals surface area contributed by atoms with Gasteiger partial charge in [-0.2, -0.15) is 0 Å². The molecule has 1 N–H and O–H groups in total. The average molecular weight is 250 g/mol. The molecule has 2 unspecified atom stereocenters. The van der Waals surface area contributed by atoms with Gasteiger partial charge in [-0.15, -0.1) is 0 Å². The minimum absolute atomic E-state index is 0.0104. The van der Waals surface area contributed by atoms with Crippen LogP contribution >= 0.6 is 0 Å². The Balaban J connectivity index is 4.12. The monoisotopic (exact) mass is 250 g/mol. The van der Waals surface area contributed by atoms with Gasteiger partial charge < -0.3 is 10.2 Å². The van der Waals surface area contributed by atoms with Gasteiger partial charge in [0.1, 0.15) is 9.84 Å². The van der Waals surface area contributed by atoms with Crippen LogP contribution in [0.1, 0.15) is 20.8 Å². The third-order valence-corrected chi connectivity index (χ3v) is 3.77. The summed E-state index contributed by atoms with van der Waals surface area (Å²) in [4.78, 5) is 2.17. The first-order valence-electron chi connectivity index (χ1n) is 5.71. The van der Waals surface area contributed by atoms with Crippen LogP contribution < -0.4 is 5.32 Å². The summed E-state index contributed by atoms with van der Waals surface area (Å²) in [5.74, 6) is 0.749. The Morgan fingerprint density at radius 3 is 2.00 bits per heavy atom. The fourth-order valence-electron chi connectivity index (χ4n) is 1.85. The second-order valence-corrected chi connectivity index (χ2v) is 7.36. The van der Waals surface area contributed by atoms with Crippen LogP contribution in [0.4, 0.5) is 0 Å². The highest BCUT2D eigenvalue weighted by atomic mass is 32.2. The van der Waals surface area contributed by atoms with E-state index in [-0.39, 0.29) is 11.8 Å². The summed E-state index contributed by atoms with van der Waals surface area (Å²) in [6.07, 6.45) is 1.27. The Morgan fingerprint density at radius 1 is 1.19 bits per heavy atom. The fraction of sp³-hybridized carbons (Fsp3) is 1.00. The molecule has 98 valence electrons. The highest BCUT2D eigenvalue weighted by molar-refractivity contribution is 7.90. The van der Waals surface area contributed by atoms with E-state index in [1.165, 1.54) is 6.26 Å². The van der Waals surface area contributed by atoms with Gasteiger partial charge in [-0.25, -0.2) is 8.42 Å². The van der Waals surface area contributed by atoms with Crippen LogP contribution in [0.15, 0.2) is 0 Å². The predicted molar refractivity (Wildman–Crippen MR) is 69.5 cm³/mol. The molecule has 0 bridgehead atoms. The lowest BCUT2D eigenvalue weighted by atomic mass is 10.0. The normalized spacial score (nSPS) is 16.8.